The van der Waals surface area contributed by atoms with E-state index in [0.29, 0.717) is 0 Å². The van der Waals surface area contributed by atoms with E-state index >= 15 is 0 Å². The van der Waals surface area contributed by atoms with Gasteiger partial charge in [-0.05, 0) is 12.5 Å². The predicted octanol–water partition coefficient (Wildman–Crippen LogP) is 1.47. The zero-order chi connectivity index (χ0) is 6.36. The van der Waals surface area contributed by atoms with Crippen LogP contribution in [-0.4, -0.2) is 16.4 Å². The summed E-state index contributed by atoms with van der Waals surface area (Å²) in [7, 11) is -0.0707. The Morgan fingerprint density at radius 3 is 2.67 bits per heavy atom. The highest BCUT2D eigenvalue weighted by Gasteiger charge is 1.96. The van der Waals surface area contributed by atoms with Crippen LogP contribution in [0.4, 0.5) is 0 Å². The van der Waals surface area contributed by atoms with Crippen LogP contribution in [0.25, 0.3) is 0 Å². The lowest BCUT2D eigenvalue weighted by Crippen LogP contribution is -1.97. The summed E-state index contributed by atoms with van der Waals surface area (Å²) in [6.07, 6.45) is 7.04. The van der Waals surface area contributed by atoms with Crippen molar-refractivity contribution in [2.24, 2.45) is 0 Å². The van der Waals surface area contributed by atoms with Gasteiger partial charge in [-0.15, -0.1) is 0 Å². The summed E-state index contributed by atoms with van der Waals surface area (Å²) in [5.74, 6) is 0. The molecule has 0 saturated carbocycles. The summed E-state index contributed by atoms with van der Waals surface area (Å²) in [5.41, 5.74) is 0. The quantitative estimate of drug-likeness (QED) is 0.468. The van der Waals surface area contributed by atoms with Crippen LogP contribution in [0.1, 0.15) is 32.1 Å². The SMILES string of the molecule is C1CCCO[SiH2]CCC1. The lowest BCUT2D eigenvalue weighted by atomic mass is 10.2. The number of hydrogen-bond acceptors (Lipinski definition) is 1. The maximum absolute atomic E-state index is 5.49. The van der Waals surface area contributed by atoms with Crippen LogP contribution >= 0.6 is 0 Å². The molecule has 0 N–H and O–H groups in total. The molecule has 1 aliphatic rings. The molecule has 0 unspecified atom stereocenters. The molecular formula is C7H16OSi. The van der Waals surface area contributed by atoms with Gasteiger partial charge in [0.1, 0.15) is 0 Å². The highest BCUT2D eigenvalue weighted by Crippen LogP contribution is 2.07. The smallest absolute Gasteiger partial charge is 0.161 e. The largest absolute Gasteiger partial charge is 0.424 e. The average molecular weight is 144 g/mol. The van der Waals surface area contributed by atoms with E-state index in [1.165, 1.54) is 38.1 Å². The summed E-state index contributed by atoms with van der Waals surface area (Å²) >= 11 is 0. The van der Waals surface area contributed by atoms with Crippen molar-refractivity contribution in [3.05, 3.63) is 0 Å². The van der Waals surface area contributed by atoms with Crippen molar-refractivity contribution in [2.45, 2.75) is 38.1 Å². The van der Waals surface area contributed by atoms with Gasteiger partial charge in [0.25, 0.3) is 0 Å². The molecule has 2 heteroatoms. The summed E-state index contributed by atoms with van der Waals surface area (Å²) in [5, 5.41) is 0. The fourth-order valence-corrected chi connectivity index (χ4v) is 2.39. The van der Waals surface area contributed by atoms with Gasteiger partial charge in [-0.1, -0.05) is 25.7 Å². The molecular weight excluding hydrogens is 128 g/mol. The summed E-state index contributed by atoms with van der Waals surface area (Å²) in [4.78, 5) is 0. The Kier molecular flexibility index (Phi) is 4.05. The van der Waals surface area contributed by atoms with Crippen LogP contribution in [0.2, 0.25) is 6.04 Å². The van der Waals surface area contributed by atoms with E-state index in [4.69, 9.17) is 4.43 Å². The average Bonchev–Trinajstić information content (AvgIpc) is 2.00. The fourth-order valence-electron chi connectivity index (χ4n) is 1.22. The molecule has 0 aromatic heterocycles. The maximum Gasteiger partial charge on any atom is 0.161 e. The van der Waals surface area contributed by atoms with E-state index in [1.807, 2.05) is 0 Å². The fraction of sp³-hybridized carbons (Fsp3) is 1.00. The Morgan fingerprint density at radius 1 is 0.889 bits per heavy atom. The third-order valence-corrected chi connectivity index (χ3v) is 3.19. The molecule has 1 aliphatic heterocycles. The molecule has 0 aliphatic carbocycles. The van der Waals surface area contributed by atoms with E-state index in [2.05, 4.69) is 0 Å². The summed E-state index contributed by atoms with van der Waals surface area (Å²) in [6, 6.07) is 1.42. The minimum atomic E-state index is -0.0707. The molecule has 1 fully saturated rings. The Hall–Kier alpha value is 0.177. The predicted molar refractivity (Wildman–Crippen MR) is 42.4 cm³/mol. The molecule has 0 amide bonds. The zero-order valence-electron chi connectivity index (χ0n) is 6.07. The molecule has 54 valence electrons. The van der Waals surface area contributed by atoms with Crippen molar-refractivity contribution < 1.29 is 4.43 Å². The normalized spacial score (nSPS) is 26.7. The van der Waals surface area contributed by atoms with Gasteiger partial charge < -0.3 is 4.43 Å². The number of hydrogen-bond donors (Lipinski definition) is 0. The standard InChI is InChI=1S/C7H16OSi/c1-2-4-6-8-9-7-5-3-1/h1-7,9H2. The third-order valence-electron chi connectivity index (χ3n) is 1.83. The van der Waals surface area contributed by atoms with E-state index in [0.717, 1.165) is 6.61 Å². The maximum atomic E-state index is 5.49. The van der Waals surface area contributed by atoms with Gasteiger partial charge in [-0.3, -0.25) is 0 Å². The second-order valence-electron chi connectivity index (χ2n) is 2.73. The molecule has 9 heavy (non-hydrogen) atoms. The Balaban J connectivity index is 2.02. The third kappa shape index (κ3) is 3.70. The van der Waals surface area contributed by atoms with Gasteiger partial charge in [0, 0.05) is 6.61 Å². The Morgan fingerprint density at radius 2 is 1.67 bits per heavy atom. The van der Waals surface area contributed by atoms with Crippen LogP contribution in [0, 0.1) is 0 Å². The second kappa shape index (κ2) is 5.00. The van der Waals surface area contributed by atoms with Crippen LogP contribution in [0.3, 0.4) is 0 Å². The van der Waals surface area contributed by atoms with Crippen molar-refractivity contribution >= 4 is 9.76 Å². The molecule has 0 atom stereocenters. The topological polar surface area (TPSA) is 9.23 Å². The first-order valence-corrected chi connectivity index (χ1v) is 5.65. The van der Waals surface area contributed by atoms with Crippen molar-refractivity contribution in [3.63, 3.8) is 0 Å². The molecule has 1 saturated heterocycles. The van der Waals surface area contributed by atoms with Crippen LogP contribution in [-0.2, 0) is 4.43 Å². The van der Waals surface area contributed by atoms with Crippen LogP contribution < -0.4 is 0 Å². The lowest BCUT2D eigenvalue weighted by molar-refractivity contribution is 0.325. The molecule has 1 nitrogen and oxygen atoms in total. The van der Waals surface area contributed by atoms with E-state index in [1.54, 1.807) is 0 Å². The summed E-state index contributed by atoms with van der Waals surface area (Å²) in [6.45, 7) is 1.06. The molecule has 0 aromatic rings. The monoisotopic (exact) mass is 144 g/mol. The van der Waals surface area contributed by atoms with Crippen LogP contribution in [0.5, 0.6) is 0 Å². The van der Waals surface area contributed by atoms with Gasteiger partial charge >= 0.3 is 0 Å². The first-order valence-electron chi connectivity index (χ1n) is 4.08. The van der Waals surface area contributed by atoms with Crippen molar-refractivity contribution in [1.29, 1.82) is 0 Å². The minimum absolute atomic E-state index is 0.0707. The van der Waals surface area contributed by atoms with Gasteiger partial charge in [0.05, 0.1) is 0 Å². The molecule has 1 heterocycles. The molecule has 0 radical (unpaired) electrons. The molecule has 0 bridgehead atoms. The molecule has 0 spiro atoms. The molecule has 1 rings (SSSR count). The minimum Gasteiger partial charge on any atom is -0.424 e. The van der Waals surface area contributed by atoms with E-state index in [9.17, 15) is 0 Å². The summed E-state index contributed by atoms with van der Waals surface area (Å²) < 4.78 is 5.49. The second-order valence-corrected chi connectivity index (χ2v) is 4.26. The van der Waals surface area contributed by atoms with E-state index in [-0.39, 0.29) is 9.76 Å². The van der Waals surface area contributed by atoms with Gasteiger partial charge in [0.2, 0.25) is 0 Å². The lowest BCUT2D eigenvalue weighted by Gasteiger charge is -1.97. The number of rotatable bonds is 0. The highest BCUT2D eigenvalue weighted by atomic mass is 28.2. The van der Waals surface area contributed by atoms with Crippen molar-refractivity contribution in [1.82, 2.24) is 0 Å². The van der Waals surface area contributed by atoms with Crippen molar-refractivity contribution in [2.75, 3.05) is 6.61 Å². The highest BCUT2D eigenvalue weighted by molar-refractivity contribution is 6.26. The van der Waals surface area contributed by atoms with E-state index < -0.39 is 0 Å². The first-order chi connectivity index (χ1) is 4.50. The Bertz CT molecular complexity index is 37.4. The van der Waals surface area contributed by atoms with Gasteiger partial charge in [-0.25, -0.2) is 0 Å². The first kappa shape index (κ1) is 7.29. The van der Waals surface area contributed by atoms with Gasteiger partial charge in [-0.2, -0.15) is 0 Å². The van der Waals surface area contributed by atoms with Gasteiger partial charge in [0.15, 0.2) is 9.76 Å². The van der Waals surface area contributed by atoms with Crippen LogP contribution in [0.15, 0.2) is 0 Å². The molecule has 0 aromatic carbocycles. The van der Waals surface area contributed by atoms with Crippen molar-refractivity contribution in [3.8, 4) is 0 Å². The zero-order valence-corrected chi connectivity index (χ0v) is 7.48. The Labute approximate surface area is 59.7 Å².